The molecule has 0 spiro atoms. The van der Waals surface area contributed by atoms with Crippen molar-refractivity contribution in [3.05, 3.63) is 29.8 Å². The number of hydrogen-bond acceptors (Lipinski definition) is 3. The Labute approximate surface area is 152 Å². The van der Waals surface area contributed by atoms with Crippen LogP contribution in [0.2, 0.25) is 0 Å². The van der Waals surface area contributed by atoms with E-state index >= 15 is 0 Å². The predicted octanol–water partition coefficient (Wildman–Crippen LogP) is 5.15. The van der Waals surface area contributed by atoms with Gasteiger partial charge in [0.25, 0.3) is 5.91 Å². The van der Waals surface area contributed by atoms with Crippen molar-refractivity contribution in [3.8, 4) is 5.75 Å². The van der Waals surface area contributed by atoms with Crippen LogP contribution in [-0.4, -0.2) is 18.2 Å². The van der Waals surface area contributed by atoms with Crippen LogP contribution in [0, 0.1) is 6.92 Å². The number of ether oxygens (including phenoxy) is 1. The molecule has 1 saturated carbocycles. The first-order valence-corrected chi connectivity index (χ1v) is 9.78. The van der Waals surface area contributed by atoms with Crippen LogP contribution >= 0.6 is 0 Å². The average Bonchev–Trinajstić information content (AvgIpc) is 2.60. The number of nitrogens with zero attached hydrogens (tertiary/aromatic N) is 1. The third kappa shape index (κ3) is 8.19. The Balaban J connectivity index is 1.77. The lowest BCUT2D eigenvalue weighted by Gasteiger charge is -2.10. The fraction of sp³-hybridized carbons (Fsp3) is 0.619. The van der Waals surface area contributed by atoms with Crippen molar-refractivity contribution in [2.24, 2.45) is 5.10 Å². The minimum absolute atomic E-state index is 0.00162. The summed E-state index contributed by atoms with van der Waals surface area (Å²) in [4.78, 5) is 12.0. The van der Waals surface area contributed by atoms with Gasteiger partial charge in [-0.05, 0) is 44.2 Å². The molecule has 0 radical (unpaired) electrons. The van der Waals surface area contributed by atoms with Crippen LogP contribution < -0.4 is 10.2 Å². The summed E-state index contributed by atoms with van der Waals surface area (Å²) >= 11 is 0. The summed E-state index contributed by atoms with van der Waals surface area (Å²) in [6.45, 7) is 1.97. The average molecular weight is 344 g/mol. The minimum Gasteiger partial charge on any atom is -0.483 e. The fourth-order valence-corrected chi connectivity index (χ4v) is 3.17. The van der Waals surface area contributed by atoms with Gasteiger partial charge in [-0.3, -0.25) is 4.79 Å². The molecule has 2 rings (SSSR count). The number of amides is 1. The van der Waals surface area contributed by atoms with E-state index in [0.29, 0.717) is 0 Å². The molecule has 1 fully saturated rings. The lowest BCUT2D eigenvalue weighted by Crippen LogP contribution is -2.26. The van der Waals surface area contributed by atoms with Crippen molar-refractivity contribution in [2.45, 2.75) is 77.6 Å². The first-order chi connectivity index (χ1) is 12.3. The van der Waals surface area contributed by atoms with Gasteiger partial charge in [0.05, 0.1) is 0 Å². The summed E-state index contributed by atoms with van der Waals surface area (Å²) in [6, 6.07) is 7.71. The molecule has 1 aliphatic rings. The summed E-state index contributed by atoms with van der Waals surface area (Å²) < 4.78 is 5.57. The van der Waals surface area contributed by atoms with Gasteiger partial charge in [0.2, 0.25) is 0 Å². The van der Waals surface area contributed by atoms with Crippen LogP contribution in [-0.2, 0) is 4.79 Å². The Bertz CT molecular complexity index is 541. The van der Waals surface area contributed by atoms with Crippen LogP contribution in [0.5, 0.6) is 5.75 Å². The molecule has 0 bridgehead atoms. The van der Waals surface area contributed by atoms with Gasteiger partial charge in [0, 0.05) is 5.71 Å². The number of para-hydroxylation sites is 1. The standard InChI is InChI=1S/C21H32N2O2/c1-18-13-11-12-16-20(18)25-17-21(24)23-22-19-14-9-7-5-3-2-4-6-8-10-15-19/h11-13,16H,2-10,14-15,17H2,1H3,(H,23,24). The van der Waals surface area contributed by atoms with Gasteiger partial charge in [-0.2, -0.15) is 5.10 Å². The third-order valence-electron chi connectivity index (χ3n) is 4.72. The van der Waals surface area contributed by atoms with Crippen LogP contribution in [0.15, 0.2) is 29.4 Å². The largest absolute Gasteiger partial charge is 0.483 e. The number of hydrogen-bond donors (Lipinski definition) is 1. The lowest BCUT2D eigenvalue weighted by molar-refractivity contribution is -0.123. The molecule has 0 saturated heterocycles. The molecule has 1 N–H and O–H groups in total. The van der Waals surface area contributed by atoms with Gasteiger partial charge in [-0.25, -0.2) is 5.43 Å². The molecule has 0 unspecified atom stereocenters. The third-order valence-corrected chi connectivity index (χ3v) is 4.72. The van der Waals surface area contributed by atoms with Crippen molar-refractivity contribution in [2.75, 3.05) is 6.61 Å². The molecule has 1 aliphatic carbocycles. The predicted molar refractivity (Wildman–Crippen MR) is 103 cm³/mol. The van der Waals surface area contributed by atoms with E-state index < -0.39 is 0 Å². The van der Waals surface area contributed by atoms with Crippen LogP contribution in [0.3, 0.4) is 0 Å². The Morgan fingerprint density at radius 2 is 1.52 bits per heavy atom. The summed E-state index contributed by atoms with van der Waals surface area (Å²) in [5.74, 6) is 0.554. The highest BCUT2D eigenvalue weighted by Crippen LogP contribution is 2.16. The second-order valence-corrected chi connectivity index (χ2v) is 6.95. The molecule has 1 aromatic rings. The monoisotopic (exact) mass is 344 g/mol. The van der Waals surface area contributed by atoms with Crippen molar-refractivity contribution >= 4 is 11.6 Å². The zero-order valence-corrected chi connectivity index (χ0v) is 15.6. The number of carbonyl (C=O) groups is 1. The molecular formula is C21H32N2O2. The summed E-state index contributed by atoms with van der Waals surface area (Å²) in [5.41, 5.74) is 4.84. The van der Waals surface area contributed by atoms with Crippen LogP contribution in [0.4, 0.5) is 0 Å². The quantitative estimate of drug-likeness (QED) is 0.768. The summed E-state index contributed by atoms with van der Waals surface area (Å²) in [6.07, 6.45) is 13.6. The van der Waals surface area contributed by atoms with Crippen molar-refractivity contribution in [1.82, 2.24) is 5.43 Å². The maximum absolute atomic E-state index is 12.0. The maximum atomic E-state index is 12.0. The highest BCUT2D eigenvalue weighted by atomic mass is 16.5. The molecule has 0 heterocycles. The zero-order valence-electron chi connectivity index (χ0n) is 15.6. The highest BCUT2D eigenvalue weighted by molar-refractivity contribution is 5.86. The maximum Gasteiger partial charge on any atom is 0.277 e. The first-order valence-electron chi connectivity index (χ1n) is 9.78. The Morgan fingerprint density at radius 3 is 2.12 bits per heavy atom. The lowest BCUT2D eigenvalue weighted by atomic mass is 10.00. The summed E-state index contributed by atoms with van der Waals surface area (Å²) in [5, 5.41) is 4.38. The number of carbonyl (C=O) groups excluding carboxylic acids is 1. The normalized spacial score (nSPS) is 17.1. The van der Waals surface area contributed by atoms with Gasteiger partial charge in [0.15, 0.2) is 6.61 Å². The van der Waals surface area contributed by atoms with Crippen LogP contribution in [0.25, 0.3) is 0 Å². The highest BCUT2D eigenvalue weighted by Gasteiger charge is 2.06. The molecular weight excluding hydrogens is 312 g/mol. The summed E-state index contributed by atoms with van der Waals surface area (Å²) in [7, 11) is 0. The van der Waals surface area contributed by atoms with E-state index in [4.69, 9.17) is 4.74 Å². The van der Waals surface area contributed by atoms with E-state index in [2.05, 4.69) is 10.5 Å². The van der Waals surface area contributed by atoms with Gasteiger partial charge in [-0.15, -0.1) is 0 Å². The molecule has 0 aliphatic heterocycles. The fourth-order valence-electron chi connectivity index (χ4n) is 3.17. The van der Waals surface area contributed by atoms with E-state index in [1.54, 1.807) is 0 Å². The van der Waals surface area contributed by atoms with Gasteiger partial charge in [0.1, 0.15) is 5.75 Å². The number of hydrazone groups is 1. The number of rotatable bonds is 4. The van der Waals surface area contributed by atoms with E-state index in [1.165, 1.54) is 57.8 Å². The van der Waals surface area contributed by atoms with E-state index in [9.17, 15) is 4.79 Å². The molecule has 0 aromatic heterocycles. The van der Waals surface area contributed by atoms with E-state index in [1.807, 2.05) is 31.2 Å². The van der Waals surface area contributed by atoms with E-state index in [0.717, 1.165) is 29.9 Å². The Morgan fingerprint density at radius 1 is 0.960 bits per heavy atom. The Hall–Kier alpha value is -1.84. The van der Waals surface area contributed by atoms with Gasteiger partial charge >= 0.3 is 0 Å². The number of nitrogens with one attached hydrogen (secondary N) is 1. The van der Waals surface area contributed by atoms with Gasteiger partial charge in [-0.1, -0.05) is 63.1 Å². The molecule has 4 nitrogen and oxygen atoms in total. The molecule has 138 valence electrons. The topological polar surface area (TPSA) is 50.7 Å². The SMILES string of the molecule is Cc1ccccc1OCC(=O)NN=C1CCCCCCCCCCC1. The molecule has 0 atom stereocenters. The van der Waals surface area contributed by atoms with Crippen molar-refractivity contribution in [3.63, 3.8) is 0 Å². The van der Waals surface area contributed by atoms with Crippen molar-refractivity contribution in [1.29, 1.82) is 0 Å². The molecule has 1 aromatic carbocycles. The molecule has 25 heavy (non-hydrogen) atoms. The van der Waals surface area contributed by atoms with E-state index in [-0.39, 0.29) is 12.5 Å². The molecule has 1 amide bonds. The first kappa shape index (κ1) is 19.5. The Kier molecular flexibility index (Phi) is 9.09. The number of benzene rings is 1. The van der Waals surface area contributed by atoms with Crippen LogP contribution in [0.1, 0.15) is 76.2 Å². The minimum atomic E-state index is -0.193. The zero-order chi connectivity index (χ0) is 17.7. The second kappa shape index (κ2) is 11.7. The van der Waals surface area contributed by atoms with Gasteiger partial charge < -0.3 is 4.74 Å². The van der Waals surface area contributed by atoms with Crippen molar-refractivity contribution < 1.29 is 9.53 Å². The smallest absolute Gasteiger partial charge is 0.277 e. The number of aryl methyl sites for hydroxylation is 1. The molecule has 4 heteroatoms. The second-order valence-electron chi connectivity index (χ2n) is 6.95.